The number of carbonyl (C=O) groups excluding carboxylic acids is 1. The molecular weight excluding hydrogens is 322 g/mol. The Labute approximate surface area is 147 Å². The Morgan fingerprint density at radius 3 is 2.56 bits per heavy atom. The van der Waals surface area contributed by atoms with Crippen LogP contribution in [0.25, 0.3) is 0 Å². The molecule has 6 nitrogen and oxygen atoms in total. The number of anilines is 1. The van der Waals surface area contributed by atoms with Crippen LogP contribution in [0.15, 0.2) is 24.3 Å². The average Bonchev–Trinajstić information content (AvgIpc) is 3.23. The Kier molecular flexibility index (Phi) is 4.22. The molecule has 1 aliphatic carbocycles. The first-order valence-electron chi connectivity index (χ1n) is 9.02. The Morgan fingerprint density at radius 1 is 1.28 bits per heavy atom. The summed E-state index contributed by atoms with van der Waals surface area (Å²) in [6, 6.07) is 7.19. The zero-order valence-electron chi connectivity index (χ0n) is 14.7. The largest absolute Gasteiger partial charge is 0.497 e. The highest BCUT2D eigenvalue weighted by Crippen LogP contribution is 2.45. The van der Waals surface area contributed by atoms with Crippen LogP contribution in [0.3, 0.4) is 0 Å². The first-order valence-corrected chi connectivity index (χ1v) is 9.02. The van der Waals surface area contributed by atoms with E-state index in [1.54, 1.807) is 18.9 Å². The lowest BCUT2D eigenvalue weighted by Crippen LogP contribution is -2.69. The molecule has 0 unspecified atom stereocenters. The molecule has 2 saturated heterocycles. The van der Waals surface area contributed by atoms with E-state index < -0.39 is 17.8 Å². The summed E-state index contributed by atoms with van der Waals surface area (Å²) < 4.78 is 17.5. The predicted molar refractivity (Wildman–Crippen MR) is 91.5 cm³/mol. The molecule has 3 fully saturated rings. The van der Waals surface area contributed by atoms with Crippen LogP contribution in [-0.4, -0.2) is 48.8 Å². The lowest BCUT2D eigenvalue weighted by molar-refractivity contribution is -0.172. The average molecular weight is 347 g/mol. The minimum Gasteiger partial charge on any atom is -0.497 e. The molecule has 2 aliphatic heterocycles. The van der Waals surface area contributed by atoms with Gasteiger partial charge in [0.1, 0.15) is 11.9 Å². The molecule has 0 bridgehead atoms. The molecule has 0 aromatic heterocycles. The maximum atomic E-state index is 12.7. The van der Waals surface area contributed by atoms with Gasteiger partial charge < -0.3 is 24.2 Å². The van der Waals surface area contributed by atoms with E-state index in [9.17, 15) is 9.90 Å². The summed E-state index contributed by atoms with van der Waals surface area (Å²) in [6.45, 7) is 2.13. The van der Waals surface area contributed by atoms with Crippen molar-refractivity contribution in [3.8, 4) is 5.75 Å². The van der Waals surface area contributed by atoms with E-state index in [1.165, 1.54) is 0 Å². The van der Waals surface area contributed by atoms with Crippen molar-refractivity contribution in [1.82, 2.24) is 0 Å². The number of methoxy groups -OCH3 is 1. The Hall–Kier alpha value is -1.63. The van der Waals surface area contributed by atoms with Crippen molar-refractivity contribution < 1.29 is 24.1 Å². The number of benzene rings is 1. The zero-order valence-corrected chi connectivity index (χ0v) is 14.7. The van der Waals surface area contributed by atoms with Crippen LogP contribution < -0.4 is 9.64 Å². The molecule has 1 saturated carbocycles. The van der Waals surface area contributed by atoms with Gasteiger partial charge in [0.15, 0.2) is 5.79 Å². The van der Waals surface area contributed by atoms with Crippen LogP contribution in [0, 0.1) is 5.92 Å². The van der Waals surface area contributed by atoms with E-state index in [0.29, 0.717) is 6.61 Å². The van der Waals surface area contributed by atoms with Gasteiger partial charge in [-0.2, -0.15) is 0 Å². The Morgan fingerprint density at radius 2 is 1.96 bits per heavy atom. The van der Waals surface area contributed by atoms with Gasteiger partial charge >= 0.3 is 0 Å². The van der Waals surface area contributed by atoms with Crippen LogP contribution in [0.2, 0.25) is 0 Å². The molecule has 4 atom stereocenters. The number of nitrogens with zero attached hydrogens (tertiary/aromatic N) is 1. The SMILES string of the molecule is COc1ccc(N2C(=O)[C@H]([C@@H](C)O)[C@H]2[C@@H]2COC3(CCCC3)O2)cc1. The third-order valence-corrected chi connectivity index (χ3v) is 5.68. The minimum atomic E-state index is -0.712. The third kappa shape index (κ3) is 2.72. The van der Waals surface area contributed by atoms with E-state index in [-0.39, 0.29) is 18.1 Å². The number of rotatable bonds is 4. The number of aliphatic hydroxyl groups excluding tert-OH is 1. The Balaban J connectivity index is 1.58. The first-order chi connectivity index (χ1) is 12.0. The molecular formula is C19H25NO5. The minimum absolute atomic E-state index is 0.0684. The fourth-order valence-electron chi connectivity index (χ4n) is 4.39. The normalized spacial score (nSPS) is 32.0. The number of aliphatic hydroxyl groups is 1. The molecule has 1 aromatic rings. The molecule has 0 radical (unpaired) electrons. The van der Waals surface area contributed by atoms with Crippen molar-refractivity contribution in [1.29, 1.82) is 0 Å². The predicted octanol–water partition coefficient (Wildman–Crippen LogP) is 2.09. The maximum Gasteiger partial charge on any atom is 0.235 e. The van der Waals surface area contributed by atoms with E-state index in [0.717, 1.165) is 37.1 Å². The molecule has 1 aromatic carbocycles. The van der Waals surface area contributed by atoms with E-state index in [1.807, 2.05) is 24.3 Å². The fraction of sp³-hybridized carbons (Fsp3) is 0.632. The lowest BCUT2D eigenvalue weighted by atomic mass is 9.79. The van der Waals surface area contributed by atoms with Gasteiger partial charge in [-0.05, 0) is 44.0 Å². The number of amides is 1. The van der Waals surface area contributed by atoms with Gasteiger partial charge in [-0.1, -0.05) is 0 Å². The molecule has 4 rings (SSSR count). The van der Waals surface area contributed by atoms with Gasteiger partial charge in [0.25, 0.3) is 0 Å². The molecule has 25 heavy (non-hydrogen) atoms. The second kappa shape index (κ2) is 6.27. The van der Waals surface area contributed by atoms with Gasteiger partial charge in [0, 0.05) is 18.5 Å². The summed E-state index contributed by atoms with van der Waals surface area (Å²) >= 11 is 0. The van der Waals surface area contributed by atoms with E-state index >= 15 is 0 Å². The third-order valence-electron chi connectivity index (χ3n) is 5.68. The topological polar surface area (TPSA) is 68.2 Å². The summed E-state index contributed by atoms with van der Waals surface area (Å²) in [5.74, 6) is -0.253. The second-order valence-corrected chi connectivity index (χ2v) is 7.25. The van der Waals surface area contributed by atoms with Crippen molar-refractivity contribution in [2.45, 2.75) is 56.6 Å². The van der Waals surface area contributed by atoms with Crippen molar-refractivity contribution >= 4 is 11.6 Å². The van der Waals surface area contributed by atoms with E-state index in [2.05, 4.69) is 0 Å². The number of carbonyl (C=O) groups is 1. The maximum absolute atomic E-state index is 12.7. The van der Waals surface area contributed by atoms with Crippen molar-refractivity contribution in [2.75, 3.05) is 18.6 Å². The molecule has 1 N–H and O–H groups in total. The summed E-state index contributed by atoms with van der Waals surface area (Å²) in [7, 11) is 1.61. The molecule has 6 heteroatoms. The van der Waals surface area contributed by atoms with Crippen LogP contribution in [-0.2, 0) is 14.3 Å². The highest BCUT2D eigenvalue weighted by Gasteiger charge is 2.58. The fourth-order valence-corrected chi connectivity index (χ4v) is 4.39. The smallest absolute Gasteiger partial charge is 0.235 e. The van der Waals surface area contributed by atoms with Crippen molar-refractivity contribution in [3.63, 3.8) is 0 Å². The van der Waals surface area contributed by atoms with Gasteiger partial charge in [0.05, 0.1) is 31.8 Å². The highest BCUT2D eigenvalue weighted by atomic mass is 16.7. The van der Waals surface area contributed by atoms with E-state index in [4.69, 9.17) is 14.2 Å². The number of ether oxygens (including phenoxy) is 3. The van der Waals surface area contributed by atoms with Gasteiger partial charge in [-0.25, -0.2) is 0 Å². The van der Waals surface area contributed by atoms with Gasteiger partial charge in [-0.15, -0.1) is 0 Å². The van der Waals surface area contributed by atoms with Crippen LogP contribution >= 0.6 is 0 Å². The number of β-lactam (4-membered cyclic amide) rings is 1. The second-order valence-electron chi connectivity index (χ2n) is 7.25. The standard InChI is InChI=1S/C19H25NO5/c1-12(21)16-17(15-11-24-19(25-15)9-3-4-10-19)20(18(16)22)13-5-7-14(23-2)8-6-13/h5-8,12,15-17,21H,3-4,9-11H2,1-2H3/t12-,15+,16-,17-/m1/s1. The van der Waals surface area contributed by atoms with Crippen molar-refractivity contribution in [3.05, 3.63) is 24.3 Å². The number of hydrogen-bond donors (Lipinski definition) is 1. The molecule has 2 heterocycles. The van der Waals surface area contributed by atoms with Gasteiger partial charge in [-0.3, -0.25) is 4.79 Å². The monoisotopic (exact) mass is 347 g/mol. The highest BCUT2D eigenvalue weighted by molar-refractivity contribution is 6.03. The summed E-state index contributed by atoms with van der Waals surface area (Å²) in [5, 5.41) is 10.1. The van der Waals surface area contributed by atoms with Crippen LogP contribution in [0.1, 0.15) is 32.6 Å². The first kappa shape index (κ1) is 16.8. The summed E-state index contributed by atoms with van der Waals surface area (Å²) in [6.07, 6.45) is 3.11. The molecule has 136 valence electrons. The zero-order chi connectivity index (χ0) is 17.6. The Bertz CT molecular complexity index is 638. The lowest BCUT2D eigenvalue weighted by Gasteiger charge is -2.50. The number of hydrogen-bond acceptors (Lipinski definition) is 5. The molecule has 1 amide bonds. The summed E-state index contributed by atoms with van der Waals surface area (Å²) in [5.41, 5.74) is 0.795. The van der Waals surface area contributed by atoms with Crippen molar-refractivity contribution in [2.24, 2.45) is 5.92 Å². The van der Waals surface area contributed by atoms with Crippen LogP contribution in [0.4, 0.5) is 5.69 Å². The summed E-state index contributed by atoms with van der Waals surface area (Å²) in [4.78, 5) is 14.4. The quantitative estimate of drug-likeness (QED) is 0.845. The molecule has 3 aliphatic rings. The van der Waals surface area contributed by atoms with Crippen LogP contribution in [0.5, 0.6) is 5.75 Å². The molecule has 1 spiro atoms. The van der Waals surface area contributed by atoms with Gasteiger partial charge in [0.2, 0.25) is 5.91 Å².